The Morgan fingerprint density at radius 2 is 1.93 bits per heavy atom. The topological polar surface area (TPSA) is 29.1 Å². The maximum atomic E-state index is 11.1. The van der Waals surface area contributed by atoms with Crippen LogP contribution in [-0.2, 0) is 4.79 Å². The third-order valence-corrected chi connectivity index (χ3v) is 2.02. The van der Waals surface area contributed by atoms with Gasteiger partial charge in [-0.1, -0.05) is 44.9 Å². The fourth-order valence-corrected chi connectivity index (χ4v) is 1.14. The van der Waals surface area contributed by atoms with Crippen LogP contribution < -0.4 is 5.32 Å². The van der Waals surface area contributed by atoms with E-state index in [1.165, 1.54) is 19.3 Å². The Labute approximate surface area is 93.5 Å². The van der Waals surface area contributed by atoms with Crippen LogP contribution in [0.5, 0.6) is 0 Å². The Balaban J connectivity index is 3.46. The van der Waals surface area contributed by atoms with Crippen LogP contribution in [0.2, 0.25) is 0 Å². The van der Waals surface area contributed by atoms with Crippen molar-refractivity contribution in [3.63, 3.8) is 0 Å². The van der Waals surface area contributed by atoms with Crippen molar-refractivity contribution in [2.45, 2.75) is 46.0 Å². The first-order valence-electron chi connectivity index (χ1n) is 5.92. The highest BCUT2D eigenvalue weighted by molar-refractivity contribution is 5.87. The molecule has 2 heteroatoms. The zero-order valence-electron chi connectivity index (χ0n) is 9.96. The number of hydrogen-bond donors (Lipinski definition) is 1. The van der Waals surface area contributed by atoms with Gasteiger partial charge in [0.15, 0.2) is 0 Å². The van der Waals surface area contributed by atoms with Gasteiger partial charge in [-0.05, 0) is 19.3 Å². The summed E-state index contributed by atoms with van der Waals surface area (Å²) in [4.78, 5) is 11.1. The van der Waals surface area contributed by atoms with Gasteiger partial charge in [-0.15, -0.1) is 0 Å². The Bertz CT molecular complexity index is 207. The molecule has 0 rings (SSSR count). The van der Waals surface area contributed by atoms with Gasteiger partial charge >= 0.3 is 0 Å². The van der Waals surface area contributed by atoms with Gasteiger partial charge in [0, 0.05) is 12.6 Å². The number of carbonyl (C=O) groups is 1. The van der Waals surface area contributed by atoms with E-state index < -0.39 is 0 Å². The minimum absolute atomic E-state index is 0.00458. The first-order chi connectivity index (χ1) is 7.31. The van der Waals surface area contributed by atoms with Crippen LogP contribution in [-0.4, -0.2) is 12.5 Å². The minimum Gasteiger partial charge on any atom is -0.353 e. The number of unbranched alkanes of at least 4 members (excludes halogenated alkanes) is 3. The standard InChI is InChI=1S/C13H23NO/c1-3-5-6-7-8-9-10-11-13(15)14-12-4-2/h8-11H,3-7,12H2,1-2H3,(H,14,15). The van der Waals surface area contributed by atoms with Crippen molar-refractivity contribution in [2.75, 3.05) is 6.54 Å². The molecule has 0 aliphatic heterocycles. The van der Waals surface area contributed by atoms with Crippen molar-refractivity contribution in [1.29, 1.82) is 0 Å². The van der Waals surface area contributed by atoms with E-state index in [1.807, 2.05) is 13.0 Å². The van der Waals surface area contributed by atoms with Crippen molar-refractivity contribution in [2.24, 2.45) is 0 Å². The molecule has 0 bridgehead atoms. The molecular formula is C13H23NO. The van der Waals surface area contributed by atoms with Crippen LogP contribution in [0.1, 0.15) is 46.0 Å². The van der Waals surface area contributed by atoms with E-state index in [0.29, 0.717) is 0 Å². The smallest absolute Gasteiger partial charge is 0.243 e. The highest BCUT2D eigenvalue weighted by Gasteiger charge is 1.89. The van der Waals surface area contributed by atoms with E-state index in [2.05, 4.69) is 18.3 Å². The summed E-state index contributed by atoms with van der Waals surface area (Å²) in [5, 5.41) is 2.78. The lowest BCUT2D eigenvalue weighted by atomic mass is 10.2. The summed E-state index contributed by atoms with van der Waals surface area (Å²) < 4.78 is 0. The fraction of sp³-hybridized carbons (Fsp3) is 0.615. The van der Waals surface area contributed by atoms with E-state index in [4.69, 9.17) is 0 Å². The quantitative estimate of drug-likeness (QED) is 0.371. The van der Waals surface area contributed by atoms with E-state index in [-0.39, 0.29) is 5.91 Å². The van der Waals surface area contributed by atoms with Gasteiger partial charge in [-0.2, -0.15) is 0 Å². The molecule has 0 saturated carbocycles. The van der Waals surface area contributed by atoms with E-state index in [0.717, 1.165) is 19.4 Å². The maximum absolute atomic E-state index is 11.1. The van der Waals surface area contributed by atoms with Crippen LogP contribution in [0.25, 0.3) is 0 Å². The molecule has 0 atom stereocenters. The molecule has 1 N–H and O–H groups in total. The van der Waals surface area contributed by atoms with E-state index in [9.17, 15) is 4.79 Å². The first-order valence-corrected chi connectivity index (χ1v) is 5.92. The number of allylic oxidation sites excluding steroid dienone is 3. The molecule has 0 heterocycles. The lowest BCUT2D eigenvalue weighted by Gasteiger charge is -1.95. The molecule has 0 saturated heterocycles. The number of hydrogen-bond acceptors (Lipinski definition) is 1. The predicted molar refractivity (Wildman–Crippen MR) is 65.7 cm³/mol. The average Bonchev–Trinajstić information content (AvgIpc) is 2.25. The summed E-state index contributed by atoms with van der Waals surface area (Å²) in [6.07, 6.45) is 13.3. The van der Waals surface area contributed by atoms with Gasteiger partial charge in [0.1, 0.15) is 0 Å². The molecule has 0 aromatic heterocycles. The summed E-state index contributed by atoms with van der Waals surface area (Å²) in [6.45, 7) is 4.99. The molecular weight excluding hydrogens is 186 g/mol. The van der Waals surface area contributed by atoms with Crippen LogP contribution in [0.4, 0.5) is 0 Å². The van der Waals surface area contributed by atoms with Gasteiger partial charge in [-0.25, -0.2) is 0 Å². The molecule has 0 fully saturated rings. The number of rotatable bonds is 8. The van der Waals surface area contributed by atoms with Crippen LogP contribution in [0.3, 0.4) is 0 Å². The average molecular weight is 209 g/mol. The molecule has 0 aliphatic rings. The second kappa shape index (κ2) is 11.0. The molecule has 0 aromatic rings. The largest absolute Gasteiger partial charge is 0.353 e. The van der Waals surface area contributed by atoms with Gasteiger partial charge in [0.2, 0.25) is 5.91 Å². The Hall–Kier alpha value is -1.05. The Kier molecular flexibility index (Phi) is 10.3. The maximum Gasteiger partial charge on any atom is 0.243 e. The number of nitrogens with one attached hydrogen (secondary N) is 1. The van der Waals surface area contributed by atoms with Crippen molar-refractivity contribution < 1.29 is 4.79 Å². The van der Waals surface area contributed by atoms with Gasteiger partial charge in [0.05, 0.1) is 0 Å². The lowest BCUT2D eigenvalue weighted by molar-refractivity contribution is -0.116. The molecule has 0 unspecified atom stereocenters. The molecule has 2 nitrogen and oxygen atoms in total. The molecule has 0 aromatic carbocycles. The van der Waals surface area contributed by atoms with Crippen molar-refractivity contribution in [1.82, 2.24) is 5.32 Å². The summed E-state index contributed by atoms with van der Waals surface area (Å²) in [7, 11) is 0. The second-order valence-electron chi connectivity index (χ2n) is 3.57. The predicted octanol–water partition coefficient (Wildman–Crippen LogP) is 3.21. The molecule has 86 valence electrons. The normalized spacial score (nSPS) is 11.3. The SMILES string of the molecule is CCCCCC=CC=CC(=O)NCCC. The third-order valence-electron chi connectivity index (χ3n) is 2.02. The second-order valence-corrected chi connectivity index (χ2v) is 3.57. The van der Waals surface area contributed by atoms with E-state index in [1.54, 1.807) is 12.2 Å². The molecule has 0 spiro atoms. The summed E-state index contributed by atoms with van der Waals surface area (Å²) in [5.74, 6) is -0.00458. The lowest BCUT2D eigenvalue weighted by Crippen LogP contribution is -2.21. The first kappa shape index (κ1) is 13.9. The zero-order valence-corrected chi connectivity index (χ0v) is 9.96. The molecule has 1 amide bonds. The Morgan fingerprint density at radius 1 is 1.13 bits per heavy atom. The van der Waals surface area contributed by atoms with E-state index >= 15 is 0 Å². The molecule has 15 heavy (non-hydrogen) atoms. The van der Waals surface area contributed by atoms with Gasteiger partial charge < -0.3 is 5.32 Å². The Morgan fingerprint density at radius 3 is 2.60 bits per heavy atom. The minimum atomic E-state index is -0.00458. The fourth-order valence-electron chi connectivity index (χ4n) is 1.14. The summed E-state index contributed by atoms with van der Waals surface area (Å²) >= 11 is 0. The monoisotopic (exact) mass is 209 g/mol. The van der Waals surface area contributed by atoms with Gasteiger partial charge in [0.25, 0.3) is 0 Å². The molecule has 0 radical (unpaired) electrons. The van der Waals surface area contributed by atoms with Crippen LogP contribution >= 0.6 is 0 Å². The van der Waals surface area contributed by atoms with Crippen LogP contribution in [0.15, 0.2) is 24.3 Å². The summed E-state index contributed by atoms with van der Waals surface area (Å²) in [6, 6.07) is 0. The van der Waals surface area contributed by atoms with Crippen molar-refractivity contribution in [3.8, 4) is 0 Å². The zero-order chi connectivity index (χ0) is 11.4. The number of amides is 1. The van der Waals surface area contributed by atoms with Crippen LogP contribution in [0, 0.1) is 0 Å². The van der Waals surface area contributed by atoms with Crippen molar-refractivity contribution >= 4 is 5.91 Å². The van der Waals surface area contributed by atoms with Gasteiger partial charge in [-0.3, -0.25) is 4.79 Å². The highest BCUT2D eigenvalue weighted by atomic mass is 16.1. The third kappa shape index (κ3) is 10.9. The number of carbonyl (C=O) groups excluding carboxylic acids is 1. The molecule has 0 aliphatic carbocycles. The highest BCUT2D eigenvalue weighted by Crippen LogP contribution is 1.99. The summed E-state index contributed by atoms with van der Waals surface area (Å²) in [5.41, 5.74) is 0. The van der Waals surface area contributed by atoms with Crippen molar-refractivity contribution in [3.05, 3.63) is 24.3 Å².